The van der Waals surface area contributed by atoms with Crippen molar-refractivity contribution in [2.75, 3.05) is 13.2 Å². The van der Waals surface area contributed by atoms with E-state index in [0.29, 0.717) is 31.4 Å². The molecule has 5 heteroatoms. The van der Waals surface area contributed by atoms with Crippen LogP contribution in [0.2, 0.25) is 0 Å². The number of benzene rings is 1. The summed E-state index contributed by atoms with van der Waals surface area (Å²) < 4.78 is 44.3. The second-order valence-corrected chi connectivity index (χ2v) is 4.83. The van der Waals surface area contributed by atoms with Crippen LogP contribution in [0.1, 0.15) is 31.2 Å². The molecule has 0 unspecified atom stereocenters. The first-order valence-corrected chi connectivity index (χ1v) is 6.62. The Hall–Kier alpha value is -1.07. The third-order valence-corrected chi connectivity index (χ3v) is 3.31. The lowest BCUT2D eigenvalue weighted by Crippen LogP contribution is -2.22. The first-order chi connectivity index (χ1) is 9.16. The van der Waals surface area contributed by atoms with Gasteiger partial charge in [-0.2, -0.15) is 0 Å². The van der Waals surface area contributed by atoms with E-state index in [0.717, 1.165) is 25.0 Å². The van der Waals surface area contributed by atoms with E-state index in [9.17, 15) is 13.2 Å². The molecule has 0 aromatic heterocycles. The lowest BCUT2D eigenvalue weighted by molar-refractivity contribution is 0.0602. The van der Waals surface area contributed by atoms with Crippen LogP contribution < -0.4 is 5.32 Å². The van der Waals surface area contributed by atoms with Crippen LogP contribution in [-0.2, 0) is 11.3 Å². The molecular formula is C14H18F3NO. The molecule has 0 saturated heterocycles. The van der Waals surface area contributed by atoms with Crippen molar-refractivity contribution in [3.05, 3.63) is 35.1 Å². The Balaban J connectivity index is 1.67. The fraction of sp³-hybridized carbons (Fsp3) is 0.571. The SMILES string of the molecule is Fc1cc(CNCCOC2CCCC2)cc(F)c1F. The summed E-state index contributed by atoms with van der Waals surface area (Å²) in [5, 5.41) is 3.02. The van der Waals surface area contributed by atoms with Gasteiger partial charge in [-0.3, -0.25) is 0 Å². The summed E-state index contributed by atoms with van der Waals surface area (Å²) in [4.78, 5) is 0. The topological polar surface area (TPSA) is 21.3 Å². The average Bonchev–Trinajstić information content (AvgIpc) is 2.88. The number of hydrogen-bond donors (Lipinski definition) is 1. The van der Waals surface area contributed by atoms with Crippen LogP contribution in [0.15, 0.2) is 12.1 Å². The third kappa shape index (κ3) is 4.21. The van der Waals surface area contributed by atoms with Gasteiger partial charge in [-0.25, -0.2) is 13.2 Å². The summed E-state index contributed by atoms with van der Waals surface area (Å²) in [6.45, 7) is 1.48. The van der Waals surface area contributed by atoms with Gasteiger partial charge in [0.05, 0.1) is 12.7 Å². The predicted octanol–water partition coefficient (Wildman–Crippen LogP) is 3.15. The standard InChI is InChI=1S/C14H18F3NO/c15-12-7-10(8-13(16)14(12)17)9-18-5-6-19-11-3-1-2-4-11/h7-8,11,18H,1-6,9H2. The van der Waals surface area contributed by atoms with Crippen LogP contribution in [0, 0.1) is 17.5 Å². The molecule has 19 heavy (non-hydrogen) atoms. The fourth-order valence-electron chi connectivity index (χ4n) is 2.30. The Labute approximate surface area is 111 Å². The van der Waals surface area contributed by atoms with E-state index in [-0.39, 0.29) is 0 Å². The Bertz CT molecular complexity index is 396. The van der Waals surface area contributed by atoms with Gasteiger partial charge in [0, 0.05) is 13.1 Å². The van der Waals surface area contributed by atoms with Gasteiger partial charge in [0.25, 0.3) is 0 Å². The second kappa shape index (κ2) is 6.91. The van der Waals surface area contributed by atoms with Gasteiger partial charge >= 0.3 is 0 Å². The number of nitrogens with one attached hydrogen (secondary N) is 1. The van der Waals surface area contributed by atoms with Crippen LogP contribution in [0.5, 0.6) is 0 Å². The molecule has 1 aliphatic rings. The van der Waals surface area contributed by atoms with Gasteiger partial charge in [0.1, 0.15) is 0 Å². The van der Waals surface area contributed by atoms with Gasteiger partial charge in [-0.15, -0.1) is 0 Å². The summed E-state index contributed by atoms with van der Waals surface area (Å²) in [5.74, 6) is -3.73. The number of halogens is 3. The highest BCUT2D eigenvalue weighted by Gasteiger charge is 2.14. The highest BCUT2D eigenvalue weighted by molar-refractivity contribution is 5.19. The van der Waals surface area contributed by atoms with Gasteiger partial charge < -0.3 is 10.1 Å². The van der Waals surface area contributed by atoms with E-state index < -0.39 is 17.5 Å². The zero-order valence-corrected chi connectivity index (χ0v) is 10.7. The molecule has 1 aromatic carbocycles. The third-order valence-electron chi connectivity index (χ3n) is 3.31. The Morgan fingerprint density at radius 2 is 1.74 bits per heavy atom. The molecular weight excluding hydrogens is 255 g/mol. The van der Waals surface area contributed by atoms with Gasteiger partial charge in [-0.1, -0.05) is 12.8 Å². The van der Waals surface area contributed by atoms with Crippen LogP contribution in [0.25, 0.3) is 0 Å². The molecule has 2 nitrogen and oxygen atoms in total. The van der Waals surface area contributed by atoms with E-state index >= 15 is 0 Å². The first-order valence-electron chi connectivity index (χ1n) is 6.62. The molecule has 0 atom stereocenters. The summed E-state index contributed by atoms with van der Waals surface area (Å²) in [6.07, 6.45) is 5.06. The predicted molar refractivity (Wildman–Crippen MR) is 66.2 cm³/mol. The summed E-state index contributed by atoms with van der Waals surface area (Å²) >= 11 is 0. The molecule has 2 rings (SSSR count). The summed E-state index contributed by atoms with van der Waals surface area (Å²) in [5.41, 5.74) is 0.386. The largest absolute Gasteiger partial charge is 0.377 e. The monoisotopic (exact) mass is 273 g/mol. The van der Waals surface area contributed by atoms with Crippen molar-refractivity contribution in [3.8, 4) is 0 Å². The van der Waals surface area contributed by atoms with Crippen molar-refractivity contribution in [2.45, 2.75) is 38.3 Å². The van der Waals surface area contributed by atoms with Gasteiger partial charge in [-0.05, 0) is 30.5 Å². The van der Waals surface area contributed by atoms with E-state index in [2.05, 4.69) is 5.32 Å². The highest BCUT2D eigenvalue weighted by Crippen LogP contribution is 2.20. The molecule has 0 radical (unpaired) electrons. The molecule has 1 saturated carbocycles. The minimum atomic E-state index is -1.42. The van der Waals surface area contributed by atoms with Crippen molar-refractivity contribution in [2.24, 2.45) is 0 Å². The highest BCUT2D eigenvalue weighted by atomic mass is 19.2. The Kier molecular flexibility index (Phi) is 5.22. The maximum Gasteiger partial charge on any atom is 0.194 e. The Morgan fingerprint density at radius 3 is 2.37 bits per heavy atom. The molecule has 1 fully saturated rings. The lowest BCUT2D eigenvalue weighted by atomic mass is 10.2. The molecule has 1 N–H and O–H groups in total. The summed E-state index contributed by atoms with van der Waals surface area (Å²) in [6, 6.07) is 2.01. The zero-order valence-electron chi connectivity index (χ0n) is 10.7. The molecule has 1 aliphatic carbocycles. The minimum absolute atomic E-state index is 0.294. The van der Waals surface area contributed by atoms with Crippen LogP contribution >= 0.6 is 0 Å². The lowest BCUT2D eigenvalue weighted by Gasteiger charge is -2.11. The van der Waals surface area contributed by atoms with Crippen molar-refractivity contribution in [1.82, 2.24) is 5.32 Å². The molecule has 106 valence electrons. The van der Waals surface area contributed by atoms with Crippen molar-refractivity contribution in [1.29, 1.82) is 0 Å². The van der Waals surface area contributed by atoms with Crippen LogP contribution in [-0.4, -0.2) is 19.3 Å². The number of ether oxygens (including phenoxy) is 1. The minimum Gasteiger partial charge on any atom is -0.377 e. The molecule has 0 heterocycles. The second-order valence-electron chi connectivity index (χ2n) is 4.83. The normalized spacial score (nSPS) is 16.2. The number of rotatable bonds is 6. The molecule has 0 bridgehead atoms. The molecule has 1 aromatic rings. The molecule has 0 spiro atoms. The van der Waals surface area contributed by atoms with Crippen LogP contribution in [0.4, 0.5) is 13.2 Å². The molecule has 0 aliphatic heterocycles. The van der Waals surface area contributed by atoms with Crippen molar-refractivity contribution < 1.29 is 17.9 Å². The van der Waals surface area contributed by atoms with Crippen molar-refractivity contribution in [3.63, 3.8) is 0 Å². The molecule has 0 amide bonds. The van der Waals surface area contributed by atoms with E-state index in [1.54, 1.807) is 0 Å². The average molecular weight is 273 g/mol. The van der Waals surface area contributed by atoms with E-state index in [1.807, 2.05) is 0 Å². The van der Waals surface area contributed by atoms with E-state index in [4.69, 9.17) is 4.74 Å². The number of hydrogen-bond acceptors (Lipinski definition) is 2. The van der Waals surface area contributed by atoms with Gasteiger partial charge in [0.15, 0.2) is 17.5 Å². The smallest absolute Gasteiger partial charge is 0.194 e. The maximum absolute atomic E-state index is 13.0. The van der Waals surface area contributed by atoms with Crippen LogP contribution in [0.3, 0.4) is 0 Å². The Morgan fingerprint density at radius 1 is 1.11 bits per heavy atom. The summed E-state index contributed by atoms with van der Waals surface area (Å²) in [7, 11) is 0. The quantitative estimate of drug-likeness (QED) is 0.635. The maximum atomic E-state index is 13.0. The fourth-order valence-corrected chi connectivity index (χ4v) is 2.30. The zero-order chi connectivity index (χ0) is 13.7. The van der Waals surface area contributed by atoms with Crippen molar-refractivity contribution >= 4 is 0 Å². The van der Waals surface area contributed by atoms with Gasteiger partial charge in [0.2, 0.25) is 0 Å². The van der Waals surface area contributed by atoms with E-state index in [1.165, 1.54) is 12.8 Å². The first kappa shape index (κ1) is 14.3.